The fourth-order valence-corrected chi connectivity index (χ4v) is 4.99. The van der Waals surface area contributed by atoms with E-state index in [1.165, 1.54) is 6.07 Å². The van der Waals surface area contributed by atoms with Crippen LogP contribution in [-0.4, -0.2) is 84.9 Å². The van der Waals surface area contributed by atoms with Gasteiger partial charge in [-0.2, -0.15) is 4.98 Å². The third-order valence-corrected chi connectivity index (χ3v) is 7.22. The number of imidazole rings is 1. The number of nitrogens with one attached hydrogen (secondary N) is 3. The Morgan fingerprint density at radius 2 is 1.95 bits per heavy atom. The van der Waals surface area contributed by atoms with Gasteiger partial charge in [0.15, 0.2) is 5.82 Å². The molecule has 0 radical (unpaired) electrons. The summed E-state index contributed by atoms with van der Waals surface area (Å²) in [6.45, 7) is 4.24. The van der Waals surface area contributed by atoms with Crippen molar-refractivity contribution in [1.29, 1.82) is 0 Å². The number of carbonyl (C=O) groups excluding carboxylic acids is 1. The number of nitrogens with two attached hydrogens (primary N) is 2. The molecule has 13 heteroatoms. The van der Waals surface area contributed by atoms with Crippen LogP contribution in [0.5, 0.6) is 0 Å². The lowest BCUT2D eigenvalue weighted by atomic mass is 9.96. The van der Waals surface area contributed by atoms with Gasteiger partial charge in [0.2, 0.25) is 5.95 Å². The van der Waals surface area contributed by atoms with Crippen LogP contribution in [0.3, 0.4) is 0 Å². The predicted octanol–water partition coefficient (Wildman–Crippen LogP) is 1.64. The van der Waals surface area contributed by atoms with Crippen LogP contribution in [0.1, 0.15) is 23.5 Å². The number of rotatable bonds is 8. The molecule has 2 aromatic heterocycles. The number of H-pyrrole nitrogens is 1. The second kappa shape index (κ2) is 11.9. The number of halogens is 1. The van der Waals surface area contributed by atoms with Crippen molar-refractivity contribution in [2.24, 2.45) is 17.4 Å². The fraction of sp³-hybridized carbons (Fsp3) is 0.462. The summed E-state index contributed by atoms with van der Waals surface area (Å²) in [6.07, 6.45) is 3.31. The number of aromatic amines is 1. The SMILES string of the molecule is CNc1nc(-c2c[nH]c(C(=O)Nc3cccc(F)c3N3CCC(CN)CC3)n2)cc(N2CCO[C@H](CN)C2)n1. The molecule has 2 fully saturated rings. The highest BCUT2D eigenvalue weighted by atomic mass is 19.1. The van der Waals surface area contributed by atoms with E-state index in [9.17, 15) is 9.18 Å². The third kappa shape index (κ3) is 5.95. The molecule has 1 aromatic carbocycles. The van der Waals surface area contributed by atoms with Gasteiger partial charge in [0.05, 0.1) is 29.8 Å². The van der Waals surface area contributed by atoms with Crippen molar-refractivity contribution >= 4 is 29.0 Å². The van der Waals surface area contributed by atoms with E-state index in [1.54, 1.807) is 25.4 Å². The smallest absolute Gasteiger partial charge is 0.291 e. The number of aromatic nitrogens is 4. The molecule has 1 amide bonds. The van der Waals surface area contributed by atoms with Crippen LogP contribution >= 0.6 is 0 Å². The lowest BCUT2D eigenvalue weighted by Crippen LogP contribution is -2.46. The molecule has 12 nitrogen and oxygen atoms in total. The van der Waals surface area contributed by atoms with Crippen molar-refractivity contribution in [3.05, 3.63) is 42.1 Å². The summed E-state index contributed by atoms with van der Waals surface area (Å²) < 4.78 is 20.6. The monoisotopic (exact) mass is 538 g/mol. The maximum absolute atomic E-state index is 14.9. The number of para-hydroxylation sites is 1. The van der Waals surface area contributed by atoms with E-state index < -0.39 is 5.91 Å². The molecular formula is C26H35FN10O2. The van der Waals surface area contributed by atoms with E-state index in [2.05, 4.69) is 35.5 Å². The molecule has 7 N–H and O–H groups in total. The number of piperidine rings is 1. The maximum Gasteiger partial charge on any atom is 0.291 e. The maximum atomic E-state index is 14.9. The van der Waals surface area contributed by atoms with Gasteiger partial charge in [0.25, 0.3) is 5.91 Å². The highest BCUT2D eigenvalue weighted by molar-refractivity contribution is 6.04. The number of carbonyl (C=O) groups is 1. The number of hydrogen-bond acceptors (Lipinski definition) is 10. The molecule has 0 bridgehead atoms. The summed E-state index contributed by atoms with van der Waals surface area (Å²) in [5, 5.41) is 5.82. The van der Waals surface area contributed by atoms with Crippen LogP contribution in [-0.2, 0) is 4.74 Å². The second-order valence-corrected chi connectivity index (χ2v) is 9.75. The van der Waals surface area contributed by atoms with Gasteiger partial charge in [-0.05, 0) is 37.4 Å². The average molecular weight is 539 g/mol. The average Bonchev–Trinajstić information content (AvgIpc) is 3.48. The van der Waals surface area contributed by atoms with Gasteiger partial charge in [0, 0.05) is 52.0 Å². The van der Waals surface area contributed by atoms with Gasteiger partial charge >= 0.3 is 0 Å². The Bertz CT molecular complexity index is 1290. The quantitative estimate of drug-likeness (QED) is 0.285. The first-order valence-electron chi connectivity index (χ1n) is 13.2. The van der Waals surface area contributed by atoms with Crippen molar-refractivity contribution < 1.29 is 13.9 Å². The standard InChI is InChI=1S/C26H35FN10O2/c1-30-26-34-20(11-22(35-26)37-9-10-39-17(13-29)15-37)21-14-31-24(32-21)25(38)33-19-4-2-3-18(27)23(19)36-7-5-16(12-28)6-8-36/h2-4,11,14,16-17H,5-10,12-13,15,28-29H2,1H3,(H,31,32)(H,33,38)(H,30,34,35)/t17-/m1/s1. The molecule has 2 aliphatic heterocycles. The first-order chi connectivity index (χ1) is 19.0. The molecule has 1 atom stereocenters. The van der Waals surface area contributed by atoms with Gasteiger partial charge in [-0.3, -0.25) is 4.79 Å². The minimum absolute atomic E-state index is 0.0735. The number of nitrogens with zero attached hydrogens (tertiary/aromatic N) is 5. The number of anilines is 4. The molecule has 0 saturated carbocycles. The van der Waals surface area contributed by atoms with Crippen LogP contribution in [0.4, 0.5) is 27.5 Å². The van der Waals surface area contributed by atoms with E-state index >= 15 is 0 Å². The summed E-state index contributed by atoms with van der Waals surface area (Å²) in [5.74, 6) is 0.795. The predicted molar refractivity (Wildman–Crippen MR) is 149 cm³/mol. The molecule has 3 aromatic rings. The highest BCUT2D eigenvalue weighted by Crippen LogP contribution is 2.33. The summed E-state index contributed by atoms with van der Waals surface area (Å²) >= 11 is 0. The Morgan fingerprint density at radius 1 is 1.13 bits per heavy atom. The van der Waals surface area contributed by atoms with Crippen LogP contribution < -0.4 is 31.9 Å². The van der Waals surface area contributed by atoms with Crippen molar-refractivity contribution in [2.45, 2.75) is 18.9 Å². The van der Waals surface area contributed by atoms with Gasteiger partial charge in [-0.15, -0.1) is 0 Å². The summed E-state index contributed by atoms with van der Waals surface area (Å²) in [5.41, 5.74) is 13.4. The third-order valence-electron chi connectivity index (χ3n) is 7.22. The van der Waals surface area contributed by atoms with E-state index in [0.717, 1.165) is 12.8 Å². The number of amides is 1. The molecule has 39 heavy (non-hydrogen) atoms. The van der Waals surface area contributed by atoms with Crippen molar-refractivity contribution in [2.75, 3.05) is 73.4 Å². The van der Waals surface area contributed by atoms with Crippen LogP contribution in [0, 0.1) is 11.7 Å². The largest absolute Gasteiger partial charge is 0.373 e. The Balaban J connectivity index is 1.35. The van der Waals surface area contributed by atoms with E-state index in [-0.39, 0.29) is 17.7 Å². The van der Waals surface area contributed by atoms with Gasteiger partial charge in [0.1, 0.15) is 17.3 Å². The molecular weight excluding hydrogens is 503 g/mol. The molecule has 208 valence electrons. The van der Waals surface area contributed by atoms with Crippen molar-refractivity contribution in [3.8, 4) is 11.4 Å². The van der Waals surface area contributed by atoms with Crippen LogP contribution in [0.2, 0.25) is 0 Å². The minimum atomic E-state index is -0.480. The molecule has 5 rings (SSSR count). The Morgan fingerprint density at radius 3 is 2.69 bits per heavy atom. The zero-order valence-electron chi connectivity index (χ0n) is 22.0. The lowest BCUT2D eigenvalue weighted by Gasteiger charge is -2.34. The van der Waals surface area contributed by atoms with Crippen LogP contribution in [0.15, 0.2) is 30.5 Å². The van der Waals surface area contributed by atoms with Crippen molar-refractivity contribution in [1.82, 2.24) is 19.9 Å². The van der Waals surface area contributed by atoms with Gasteiger partial charge < -0.3 is 41.6 Å². The lowest BCUT2D eigenvalue weighted by molar-refractivity contribution is 0.0463. The zero-order valence-corrected chi connectivity index (χ0v) is 22.0. The molecule has 2 aliphatic rings. The topological polar surface area (TPSA) is 163 Å². The Labute approximate surface area is 226 Å². The van der Waals surface area contributed by atoms with E-state index in [0.29, 0.717) is 86.3 Å². The van der Waals surface area contributed by atoms with Crippen molar-refractivity contribution in [3.63, 3.8) is 0 Å². The molecule has 2 saturated heterocycles. The first kappa shape index (κ1) is 26.8. The fourth-order valence-electron chi connectivity index (χ4n) is 4.99. The Kier molecular flexibility index (Phi) is 8.19. The highest BCUT2D eigenvalue weighted by Gasteiger charge is 2.25. The van der Waals surface area contributed by atoms with Gasteiger partial charge in [-0.1, -0.05) is 6.07 Å². The van der Waals surface area contributed by atoms with E-state index in [4.69, 9.17) is 16.2 Å². The number of benzene rings is 1. The molecule has 0 aliphatic carbocycles. The van der Waals surface area contributed by atoms with Crippen LogP contribution in [0.25, 0.3) is 11.4 Å². The Hall–Kier alpha value is -3.81. The molecule has 4 heterocycles. The normalized spacial score (nSPS) is 18.3. The van der Waals surface area contributed by atoms with Gasteiger partial charge in [-0.25, -0.2) is 14.4 Å². The van der Waals surface area contributed by atoms with E-state index in [1.807, 2.05) is 11.0 Å². The summed E-state index contributed by atoms with van der Waals surface area (Å²) in [4.78, 5) is 33.8. The first-order valence-corrected chi connectivity index (χ1v) is 13.2. The number of hydrogen-bond donors (Lipinski definition) is 5. The zero-order chi connectivity index (χ0) is 27.4. The number of ether oxygens (including phenoxy) is 1. The summed E-state index contributed by atoms with van der Waals surface area (Å²) in [6, 6.07) is 6.51. The second-order valence-electron chi connectivity index (χ2n) is 9.75. The summed E-state index contributed by atoms with van der Waals surface area (Å²) in [7, 11) is 1.74. The molecule has 0 unspecified atom stereocenters. The minimum Gasteiger partial charge on any atom is -0.373 e. The molecule has 0 spiro atoms. The number of morpholine rings is 1.